The van der Waals surface area contributed by atoms with E-state index in [2.05, 4.69) is 5.10 Å². The van der Waals surface area contributed by atoms with Gasteiger partial charge in [0.15, 0.2) is 0 Å². The topological polar surface area (TPSA) is 43.8 Å². The van der Waals surface area contributed by atoms with Crippen LogP contribution in [0.2, 0.25) is 5.02 Å². The molecule has 0 spiro atoms. The minimum absolute atomic E-state index is 0.101. The van der Waals surface area contributed by atoms with Crippen LogP contribution in [0.25, 0.3) is 0 Å². The Kier molecular flexibility index (Phi) is 3.45. The van der Waals surface area contributed by atoms with Crippen molar-refractivity contribution in [2.24, 2.45) is 12.8 Å². The van der Waals surface area contributed by atoms with Crippen molar-refractivity contribution in [3.05, 3.63) is 52.6 Å². The molecule has 3 nitrogen and oxygen atoms in total. The standard InChI is InChI=1S/C12H13ClFN3/c1-17-7-8(6-16-17)5-11(15)9-3-2-4-10(13)12(9)14/h2-4,6-7,11H,5,15H2,1H3. The summed E-state index contributed by atoms with van der Waals surface area (Å²) < 4.78 is 15.4. The predicted octanol–water partition coefficient (Wildman–Crippen LogP) is 2.46. The van der Waals surface area contributed by atoms with E-state index in [1.165, 1.54) is 6.07 Å². The van der Waals surface area contributed by atoms with Crippen LogP contribution < -0.4 is 5.73 Å². The maximum atomic E-state index is 13.7. The molecule has 2 N–H and O–H groups in total. The molecule has 0 bridgehead atoms. The van der Waals surface area contributed by atoms with Gasteiger partial charge in [-0.1, -0.05) is 23.7 Å². The van der Waals surface area contributed by atoms with Gasteiger partial charge >= 0.3 is 0 Å². The third-order valence-corrected chi connectivity index (χ3v) is 2.89. The van der Waals surface area contributed by atoms with Gasteiger partial charge in [0, 0.05) is 24.8 Å². The summed E-state index contributed by atoms with van der Waals surface area (Å²) in [6.07, 6.45) is 4.12. The number of halogens is 2. The lowest BCUT2D eigenvalue weighted by atomic mass is 10.0. The van der Waals surface area contributed by atoms with Gasteiger partial charge in [-0.25, -0.2) is 4.39 Å². The van der Waals surface area contributed by atoms with Gasteiger partial charge in [0.05, 0.1) is 11.2 Å². The Morgan fingerprint density at radius 1 is 1.53 bits per heavy atom. The van der Waals surface area contributed by atoms with Crippen molar-refractivity contribution in [2.45, 2.75) is 12.5 Å². The molecule has 0 amide bonds. The van der Waals surface area contributed by atoms with Gasteiger partial charge in [0.1, 0.15) is 5.82 Å². The van der Waals surface area contributed by atoms with Crippen molar-refractivity contribution in [3.63, 3.8) is 0 Å². The van der Waals surface area contributed by atoms with Gasteiger partial charge < -0.3 is 5.73 Å². The molecule has 2 aromatic rings. The summed E-state index contributed by atoms with van der Waals surface area (Å²) in [5.74, 6) is -0.439. The second-order valence-electron chi connectivity index (χ2n) is 3.98. The number of rotatable bonds is 3. The summed E-state index contributed by atoms with van der Waals surface area (Å²) in [5, 5.41) is 4.15. The van der Waals surface area contributed by atoms with E-state index in [9.17, 15) is 4.39 Å². The molecule has 1 unspecified atom stereocenters. The zero-order valence-electron chi connectivity index (χ0n) is 9.40. The number of hydrogen-bond donors (Lipinski definition) is 1. The molecule has 0 fully saturated rings. The first-order valence-corrected chi connectivity index (χ1v) is 5.62. The van der Waals surface area contributed by atoms with Crippen LogP contribution >= 0.6 is 11.6 Å². The van der Waals surface area contributed by atoms with Crippen molar-refractivity contribution in [1.82, 2.24) is 9.78 Å². The summed E-state index contributed by atoms with van der Waals surface area (Å²) in [6.45, 7) is 0. The van der Waals surface area contributed by atoms with Crippen LogP contribution in [0.5, 0.6) is 0 Å². The summed E-state index contributed by atoms with van der Waals surface area (Å²) in [5.41, 5.74) is 7.37. The van der Waals surface area contributed by atoms with Crippen LogP contribution in [0, 0.1) is 5.82 Å². The maximum absolute atomic E-state index is 13.7. The van der Waals surface area contributed by atoms with E-state index < -0.39 is 11.9 Å². The molecule has 90 valence electrons. The van der Waals surface area contributed by atoms with Crippen molar-refractivity contribution in [1.29, 1.82) is 0 Å². The van der Waals surface area contributed by atoms with Crippen LogP contribution in [-0.4, -0.2) is 9.78 Å². The molecule has 17 heavy (non-hydrogen) atoms. The first kappa shape index (κ1) is 12.1. The Labute approximate surface area is 104 Å². The highest BCUT2D eigenvalue weighted by Crippen LogP contribution is 2.24. The first-order valence-electron chi connectivity index (χ1n) is 5.25. The van der Waals surface area contributed by atoms with Crippen LogP contribution in [0.3, 0.4) is 0 Å². The number of aryl methyl sites for hydroxylation is 1. The minimum Gasteiger partial charge on any atom is -0.324 e. The van der Waals surface area contributed by atoms with Crippen LogP contribution in [-0.2, 0) is 13.5 Å². The number of benzene rings is 1. The molecule has 1 atom stereocenters. The van der Waals surface area contributed by atoms with Gasteiger partial charge in [-0.2, -0.15) is 5.10 Å². The third-order valence-electron chi connectivity index (χ3n) is 2.59. The fourth-order valence-corrected chi connectivity index (χ4v) is 1.93. The van der Waals surface area contributed by atoms with E-state index in [1.54, 1.807) is 23.0 Å². The fourth-order valence-electron chi connectivity index (χ4n) is 1.75. The second kappa shape index (κ2) is 4.85. The molecular formula is C12H13ClFN3. The Morgan fingerprint density at radius 2 is 2.29 bits per heavy atom. The van der Waals surface area contributed by atoms with E-state index >= 15 is 0 Å². The molecule has 0 saturated carbocycles. The molecule has 0 aliphatic heterocycles. The second-order valence-corrected chi connectivity index (χ2v) is 4.38. The molecule has 1 aromatic heterocycles. The van der Waals surface area contributed by atoms with Crippen molar-refractivity contribution >= 4 is 11.6 Å². The molecule has 0 radical (unpaired) electrons. The molecule has 1 heterocycles. The van der Waals surface area contributed by atoms with E-state index in [4.69, 9.17) is 17.3 Å². The molecule has 0 aliphatic carbocycles. The Bertz CT molecular complexity index is 524. The number of nitrogens with two attached hydrogens (primary N) is 1. The van der Waals surface area contributed by atoms with Crippen molar-refractivity contribution in [2.75, 3.05) is 0 Å². The van der Waals surface area contributed by atoms with E-state index in [-0.39, 0.29) is 5.02 Å². The molecule has 1 aromatic carbocycles. The molecule has 0 saturated heterocycles. The Balaban J connectivity index is 2.20. The van der Waals surface area contributed by atoms with Crippen molar-refractivity contribution in [3.8, 4) is 0 Å². The highest BCUT2D eigenvalue weighted by Gasteiger charge is 2.14. The number of hydrogen-bond acceptors (Lipinski definition) is 2. The molecule has 5 heteroatoms. The monoisotopic (exact) mass is 253 g/mol. The maximum Gasteiger partial charge on any atom is 0.146 e. The SMILES string of the molecule is Cn1cc(CC(N)c2cccc(Cl)c2F)cn1. The fraction of sp³-hybridized carbons (Fsp3) is 0.250. The number of aromatic nitrogens is 2. The Hall–Kier alpha value is -1.39. The van der Waals surface area contributed by atoms with Crippen molar-refractivity contribution < 1.29 is 4.39 Å². The average Bonchev–Trinajstić information content (AvgIpc) is 2.68. The largest absolute Gasteiger partial charge is 0.324 e. The molecular weight excluding hydrogens is 241 g/mol. The highest BCUT2D eigenvalue weighted by atomic mass is 35.5. The summed E-state index contributed by atoms with van der Waals surface area (Å²) in [7, 11) is 1.83. The average molecular weight is 254 g/mol. The zero-order valence-corrected chi connectivity index (χ0v) is 10.2. The quantitative estimate of drug-likeness (QED) is 0.913. The lowest BCUT2D eigenvalue weighted by Crippen LogP contribution is -2.14. The summed E-state index contributed by atoms with van der Waals surface area (Å²) >= 11 is 5.72. The first-order chi connectivity index (χ1) is 8.08. The van der Waals surface area contributed by atoms with Crippen LogP contribution in [0.1, 0.15) is 17.2 Å². The smallest absolute Gasteiger partial charge is 0.146 e. The zero-order chi connectivity index (χ0) is 12.4. The Morgan fingerprint density at radius 3 is 2.94 bits per heavy atom. The minimum atomic E-state index is -0.439. The number of nitrogens with zero attached hydrogens (tertiary/aromatic N) is 2. The lowest BCUT2D eigenvalue weighted by Gasteiger charge is -2.12. The predicted molar refractivity (Wildman–Crippen MR) is 65.3 cm³/mol. The van der Waals surface area contributed by atoms with Crippen LogP contribution in [0.4, 0.5) is 4.39 Å². The molecule has 2 rings (SSSR count). The van der Waals surface area contributed by atoms with E-state index in [0.29, 0.717) is 12.0 Å². The van der Waals surface area contributed by atoms with E-state index in [0.717, 1.165) is 5.56 Å². The normalized spacial score (nSPS) is 12.7. The van der Waals surface area contributed by atoms with Crippen LogP contribution in [0.15, 0.2) is 30.6 Å². The lowest BCUT2D eigenvalue weighted by molar-refractivity contribution is 0.580. The van der Waals surface area contributed by atoms with Gasteiger partial charge in [0.2, 0.25) is 0 Å². The van der Waals surface area contributed by atoms with Gasteiger partial charge in [-0.15, -0.1) is 0 Å². The molecule has 0 aliphatic rings. The van der Waals surface area contributed by atoms with E-state index in [1.807, 2.05) is 13.2 Å². The third kappa shape index (κ3) is 2.65. The van der Waals surface area contributed by atoms with Gasteiger partial charge in [-0.05, 0) is 18.1 Å². The summed E-state index contributed by atoms with van der Waals surface area (Å²) in [4.78, 5) is 0. The van der Waals surface area contributed by atoms with Gasteiger partial charge in [0.25, 0.3) is 0 Å². The summed E-state index contributed by atoms with van der Waals surface area (Å²) in [6, 6.07) is 4.45. The van der Waals surface area contributed by atoms with Gasteiger partial charge in [-0.3, -0.25) is 4.68 Å². The highest BCUT2D eigenvalue weighted by molar-refractivity contribution is 6.30.